The molecule has 0 fully saturated rings. The highest BCUT2D eigenvalue weighted by Gasteiger charge is 2.19. The molecular weight excluding hydrogens is 318 g/mol. The molecule has 0 aliphatic heterocycles. The van der Waals surface area contributed by atoms with Gasteiger partial charge in [-0.1, -0.05) is 18.2 Å². The second-order valence-corrected chi connectivity index (χ2v) is 6.96. The van der Waals surface area contributed by atoms with Crippen molar-refractivity contribution in [3.8, 4) is 5.75 Å². The largest absolute Gasteiger partial charge is 0.481 e. The first-order valence-corrected chi connectivity index (χ1v) is 9.62. The maximum Gasteiger partial charge on any atom is 0.265 e. The summed E-state index contributed by atoms with van der Waals surface area (Å²) in [6.07, 6.45) is 6.06. The Morgan fingerprint density at radius 2 is 1.96 bits per heavy atom. The van der Waals surface area contributed by atoms with Crippen molar-refractivity contribution in [3.05, 3.63) is 53.6 Å². The monoisotopic (exact) mass is 341 g/mol. The molecule has 0 saturated carbocycles. The number of benzene rings is 2. The summed E-state index contributed by atoms with van der Waals surface area (Å²) in [6, 6.07) is 14.0. The Bertz CT molecular complexity index is 729. The highest BCUT2D eigenvalue weighted by atomic mass is 32.2. The zero-order chi connectivity index (χ0) is 16.9. The molecule has 3 nitrogen and oxygen atoms in total. The molecule has 1 N–H and O–H groups in total. The van der Waals surface area contributed by atoms with E-state index in [1.54, 1.807) is 18.7 Å². The van der Waals surface area contributed by atoms with Gasteiger partial charge in [0.2, 0.25) is 0 Å². The minimum Gasteiger partial charge on any atom is -0.481 e. The molecule has 126 valence electrons. The lowest BCUT2D eigenvalue weighted by Crippen LogP contribution is -2.30. The van der Waals surface area contributed by atoms with Gasteiger partial charge >= 0.3 is 0 Å². The van der Waals surface area contributed by atoms with Crippen LogP contribution in [0.25, 0.3) is 0 Å². The van der Waals surface area contributed by atoms with Crippen molar-refractivity contribution >= 4 is 23.4 Å². The Morgan fingerprint density at radius 3 is 2.79 bits per heavy atom. The van der Waals surface area contributed by atoms with Crippen molar-refractivity contribution in [3.63, 3.8) is 0 Å². The molecule has 3 rings (SSSR count). The summed E-state index contributed by atoms with van der Waals surface area (Å²) in [5, 5.41) is 2.94. The number of amides is 1. The van der Waals surface area contributed by atoms with Crippen LogP contribution in [0.4, 0.5) is 5.69 Å². The van der Waals surface area contributed by atoms with Crippen LogP contribution in [-0.2, 0) is 17.6 Å². The van der Waals surface area contributed by atoms with Crippen molar-refractivity contribution in [1.29, 1.82) is 0 Å². The second kappa shape index (κ2) is 7.75. The van der Waals surface area contributed by atoms with Crippen molar-refractivity contribution in [1.82, 2.24) is 0 Å². The topological polar surface area (TPSA) is 38.3 Å². The quantitative estimate of drug-likeness (QED) is 0.802. The van der Waals surface area contributed by atoms with Crippen LogP contribution in [0.1, 0.15) is 30.9 Å². The summed E-state index contributed by atoms with van der Waals surface area (Å²) in [7, 11) is 0. The van der Waals surface area contributed by atoms with Gasteiger partial charge in [0.05, 0.1) is 0 Å². The number of anilines is 1. The molecule has 1 unspecified atom stereocenters. The molecule has 0 radical (unpaired) electrons. The normalized spacial score (nSPS) is 14.6. The van der Waals surface area contributed by atoms with E-state index in [0.29, 0.717) is 0 Å². The number of rotatable bonds is 5. The first kappa shape index (κ1) is 16.9. The molecule has 1 atom stereocenters. The van der Waals surface area contributed by atoms with Gasteiger partial charge in [-0.25, -0.2) is 0 Å². The van der Waals surface area contributed by atoms with Gasteiger partial charge in [-0.3, -0.25) is 4.79 Å². The predicted molar refractivity (Wildman–Crippen MR) is 100 cm³/mol. The summed E-state index contributed by atoms with van der Waals surface area (Å²) in [4.78, 5) is 13.6. The molecule has 0 saturated heterocycles. The molecule has 0 spiro atoms. The molecule has 1 amide bonds. The van der Waals surface area contributed by atoms with E-state index in [4.69, 9.17) is 4.74 Å². The lowest BCUT2D eigenvalue weighted by Gasteiger charge is -2.22. The molecule has 1 aliphatic rings. The van der Waals surface area contributed by atoms with Crippen LogP contribution in [0.3, 0.4) is 0 Å². The molecule has 2 aromatic rings. The minimum absolute atomic E-state index is 0.123. The average Bonchev–Trinajstić information content (AvgIpc) is 2.62. The van der Waals surface area contributed by atoms with E-state index in [1.165, 1.54) is 24.0 Å². The van der Waals surface area contributed by atoms with E-state index < -0.39 is 6.10 Å². The smallest absolute Gasteiger partial charge is 0.265 e. The lowest BCUT2D eigenvalue weighted by molar-refractivity contribution is -0.122. The van der Waals surface area contributed by atoms with Gasteiger partial charge < -0.3 is 10.1 Å². The number of aryl methyl sites for hydroxylation is 1. The van der Waals surface area contributed by atoms with Gasteiger partial charge in [-0.2, -0.15) is 0 Å². The van der Waals surface area contributed by atoms with E-state index >= 15 is 0 Å². The fourth-order valence-electron chi connectivity index (χ4n) is 3.05. The predicted octanol–water partition coefficient (Wildman–Crippen LogP) is 4.69. The molecule has 0 bridgehead atoms. The van der Waals surface area contributed by atoms with Crippen LogP contribution in [0.5, 0.6) is 5.75 Å². The van der Waals surface area contributed by atoms with Crippen LogP contribution in [0.15, 0.2) is 47.4 Å². The molecule has 0 aromatic heterocycles. The van der Waals surface area contributed by atoms with Gasteiger partial charge in [0, 0.05) is 10.6 Å². The summed E-state index contributed by atoms with van der Waals surface area (Å²) in [5.74, 6) is 0.731. The van der Waals surface area contributed by atoms with Gasteiger partial charge in [0.1, 0.15) is 5.75 Å². The Morgan fingerprint density at radius 1 is 1.17 bits per heavy atom. The van der Waals surface area contributed by atoms with E-state index in [9.17, 15) is 4.79 Å². The number of thioether (sulfide) groups is 1. The number of hydrogen-bond donors (Lipinski definition) is 1. The van der Waals surface area contributed by atoms with Gasteiger partial charge in [-0.05, 0) is 74.3 Å². The van der Waals surface area contributed by atoms with E-state index in [1.807, 2.05) is 42.7 Å². The van der Waals surface area contributed by atoms with Crippen LogP contribution < -0.4 is 10.1 Å². The highest BCUT2D eigenvalue weighted by Crippen LogP contribution is 2.30. The molecule has 2 aromatic carbocycles. The lowest BCUT2D eigenvalue weighted by atomic mass is 9.91. The number of hydrogen-bond acceptors (Lipinski definition) is 3. The molecule has 4 heteroatoms. The van der Waals surface area contributed by atoms with E-state index in [0.717, 1.165) is 29.2 Å². The zero-order valence-corrected chi connectivity index (χ0v) is 15.0. The van der Waals surface area contributed by atoms with Gasteiger partial charge in [0.15, 0.2) is 6.10 Å². The number of carbonyl (C=O) groups excluding carboxylic acids is 1. The molecular formula is C20H23NO2S. The third kappa shape index (κ3) is 3.93. The first-order chi connectivity index (χ1) is 11.7. The Kier molecular flexibility index (Phi) is 5.46. The summed E-state index contributed by atoms with van der Waals surface area (Å²) < 4.78 is 5.99. The summed E-state index contributed by atoms with van der Waals surface area (Å²) in [6.45, 7) is 1.80. The summed E-state index contributed by atoms with van der Waals surface area (Å²) >= 11 is 1.65. The maximum absolute atomic E-state index is 12.4. The highest BCUT2D eigenvalue weighted by molar-refractivity contribution is 7.98. The van der Waals surface area contributed by atoms with Crippen LogP contribution in [0, 0.1) is 0 Å². The summed E-state index contributed by atoms with van der Waals surface area (Å²) in [5.41, 5.74) is 3.43. The standard InChI is InChI=1S/C20H23NO2S/c1-14(20(22)21-16-9-6-10-17(13-16)24-2)23-19-12-5-8-15-7-3-4-11-18(15)19/h5-6,8-10,12-14H,3-4,7,11H2,1-2H3,(H,21,22). The zero-order valence-electron chi connectivity index (χ0n) is 14.2. The maximum atomic E-state index is 12.4. The van der Waals surface area contributed by atoms with Crippen LogP contribution in [0.2, 0.25) is 0 Å². The minimum atomic E-state index is -0.531. The number of ether oxygens (including phenoxy) is 1. The Hall–Kier alpha value is -1.94. The van der Waals surface area contributed by atoms with Crippen molar-refractivity contribution in [2.24, 2.45) is 0 Å². The van der Waals surface area contributed by atoms with E-state index in [2.05, 4.69) is 11.4 Å². The SMILES string of the molecule is CSc1cccc(NC(=O)C(C)Oc2cccc3c2CCCC3)c1. The second-order valence-electron chi connectivity index (χ2n) is 6.08. The fourth-order valence-corrected chi connectivity index (χ4v) is 3.50. The third-order valence-corrected chi connectivity index (χ3v) is 5.09. The number of carbonyl (C=O) groups is 1. The van der Waals surface area contributed by atoms with Gasteiger partial charge in [-0.15, -0.1) is 11.8 Å². The van der Waals surface area contributed by atoms with Crippen molar-refractivity contribution in [2.45, 2.75) is 43.6 Å². The fraction of sp³-hybridized carbons (Fsp3) is 0.350. The number of fused-ring (bicyclic) bond motifs is 1. The average molecular weight is 341 g/mol. The van der Waals surface area contributed by atoms with Gasteiger partial charge in [0.25, 0.3) is 5.91 Å². The first-order valence-electron chi connectivity index (χ1n) is 8.39. The van der Waals surface area contributed by atoms with Crippen molar-refractivity contribution < 1.29 is 9.53 Å². The molecule has 24 heavy (non-hydrogen) atoms. The van der Waals surface area contributed by atoms with E-state index in [-0.39, 0.29) is 5.91 Å². The Balaban J connectivity index is 1.68. The van der Waals surface area contributed by atoms with Crippen molar-refractivity contribution in [2.75, 3.05) is 11.6 Å². The van der Waals surface area contributed by atoms with Crippen LogP contribution >= 0.6 is 11.8 Å². The number of nitrogens with one attached hydrogen (secondary N) is 1. The van der Waals surface area contributed by atoms with Crippen LogP contribution in [-0.4, -0.2) is 18.3 Å². The molecule has 1 aliphatic carbocycles. The third-order valence-electron chi connectivity index (χ3n) is 4.36. The molecule has 0 heterocycles. The Labute approximate surface area is 147 Å².